The minimum Gasteiger partial charge on any atom is -0.423 e. The number of carbonyl (C=O) groups is 1. The largest absolute Gasteiger partial charge is 0.423 e. The lowest BCUT2D eigenvalue weighted by molar-refractivity contribution is -0.128. The standard InChI is InChI=1S/C29H20N2O2/c1-2-27(32)33-26-19-17-21-11-7-9-15-24(21)29(26)28-23-14-8-6-10-20(23)16-18-25(28)31-30-22-12-4-3-5-13-22/h2-19H,1H2. The number of azo groups is 1. The molecular weight excluding hydrogens is 408 g/mol. The lowest BCUT2D eigenvalue weighted by atomic mass is 9.92. The summed E-state index contributed by atoms with van der Waals surface area (Å²) in [6, 6.07) is 33.4. The molecule has 0 amide bonds. The van der Waals surface area contributed by atoms with Crippen LogP contribution in [0.1, 0.15) is 0 Å². The maximum atomic E-state index is 12.2. The van der Waals surface area contributed by atoms with E-state index in [2.05, 4.69) is 22.9 Å². The predicted molar refractivity (Wildman–Crippen MR) is 133 cm³/mol. The smallest absolute Gasteiger partial charge is 0.335 e. The van der Waals surface area contributed by atoms with Crippen LogP contribution in [0, 0.1) is 0 Å². The van der Waals surface area contributed by atoms with Crippen molar-refractivity contribution in [2.24, 2.45) is 10.2 Å². The van der Waals surface area contributed by atoms with Gasteiger partial charge in [-0.15, -0.1) is 5.11 Å². The Morgan fingerprint density at radius 3 is 1.97 bits per heavy atom. The topological polar surface area (TPSA) is 51.0 Å². The molecule has 158 valence electrons. The number of hydrogen-bond donors (Lipinski definition) is 0. The molecule has 33 heavy (non-hydrogen) atoms. The van der Waals surface area contributed by atoms with Gasteiger partial charge in [0.05, 0.1) is 11.4 Å². The second-order valence-electron chi connectivity index (χ2n) is 7.50. The third-order valence-electron chi connectivity index (χ3n) is 5.45. The highest BCUT2D eigenvalue weighted by atomic mass is 16.5. The van der Waals surface area contributed by atoms with Crippen LogP contribution < -0.4 is 4.74 Å². The van der Waals surface area contributed by atoms with Crippen LogP contribution in [0.5, 0.6) is 5.75 Å². The second kappa shape index (κ2) is 8.89. The Morgan fingerprint density at radius 2 is 1.27 bits per heavy atom. The van der Waals surface area contributed by atoms with E-state index >= 15 is 0 Å². The molecule has 0 saturated heterocycles. The number of esters is 1. The van der Waals surface area contributed by atoms with Crippen molar-refractivity contribution in [2.75, 3.05) is 0 Å². The molecule has 5 rings (SSSR count). The van der Waals surface area contributed by atoms with Gasteiger partial charge < -0.3 is 4.74 Å². The van der Waals surface area contributed by atoms with Crippen LogP contribution in [-0.2, 0) is 4.79 Å². The third-order valence-corrected chi connectivity index (χ3v) is 5.45. The Morgan fingerprint density at radius 1 is 0.667 bits per heavy atom. The zero-order valence-electron chi connectivity index (χ0n) is 17.8. The summed E-state index contributed by atoms with van der Waals surface area (Å²) < 4.78 is 5.69. The zero-order valence-corrected chi connectivity index (χ0v) is 17.8. The van der Waals surface area contributed by atoms with Crippen molar-refractivity contribution >= 4 is 38.9 Å². The predicted octanol–water partition coefficient (Wildman–Crippen LogP) is 8.17. The molecule has 0 bridgehead atoms. The van der Waals surface area contributed by atoms with Gasteiger partial charge in [-0.25, -0.2) is 4.79 Å². The molecule has 0 aliphatic rings. The monoisotopic (exact) mass is 428 g/mol. The maximum Gasteiger partial charge on any atom is 0.335 e. The van der Waals surface area contributed by atoms with E-state index in [1.807, 2.05) is 97.1 Å². The number of hydrogen-bond acceptors (Lipinski definition) is 4. The number of benzene rings is 5. The van der Waals surface area contributed by atoms with Crippen LogP contribution in [0.4, 0.5) is 11.4 Å². The molecule has 5 aromatic rings. The number of carbonyl (C=O) groups excluding carboxylic acids is 1. The summed E-state index contributed by atoms with van der Waals surface area (Å²) in [4.78, 5) is 12.2. The van der Waals surface area contributed by atoms with Crippen LogP contribution in [0.3, 0.4) is 0 Å². The van der Waals surface area contributed by atoms with Crippen molar-refractivity contribution in [3.63, 3.8) is 0 Å². The van der Waals surface area contributed by atoms with E-state index < -0.39 is 5.97 Å². The van der Waals surface area contributed by atoms with Gasteiger partial charge in [-0.1, -0.05) is 85.4 Å². The molecule has 0 saturated carbocycles. The molecule has 0 radical (unpaired) electrons. The summed E-state index contributed by atoms with van der Waals surface area (Å²) in [5.74, 6) is -0.0645. The molecule has 0 N–H and O–H groups in total. The summed E-state index contributed by atoms with van der Waals surface area (Å²) in [6.07, 6.45) is 1.16. The van der Waals surface area contributed by atoms with Gasteiger partial charge in [0.15, 0.2) is 0 Å². The molecule has 0 aliphatic heterocycles. The summed E-state index contributed by atoms with van der Waals surface area (Å²) >= 11 is 0. The highest BCUT2D eigenvalue weighted by molar-refractivity contribution is 6.11. The van der Waals surface area contributed by atoms with Crippen LogP contribution in [0.2, 0.25) is 0 Å². The summed E-state index contributed by atoms with van der Waals surface area (Å²) in [5, 5.41) is 13.1. The first-order valence-corrected chi connectivity index (χ1v) is 10.6. The van der Waals surface area contributed by atoms with Gasteiger partial charge >= 0.3 is 5.97 Å². The lowest BCUT2D eigenvalue weighted by Crippen LogP contribution is -2.04. The number of fused-ring (bicyclic) bond motifs is 2. The first kappa shape index (κ1) is 20.3. The van der Waals surface area contributed by atoms with Crippen molar-refractivity contribution in [1.82, 2.24) is 0 Å². The zero-order chi connectivity index (χ0) is 22.6. The molecule has 0 heterocycles. The Bertz CT molecular complexity index is 1520. The molecule has 0 aliphatic carbocycles. The Kier molecular flexibility index (Phi) is 5.48. The highest BCUT2D eigenvalue weighted by Gasteiger charge is 2.19. The lowest BCUT2D eigenvalue weighted by Gasteiger charge is -2.16. The van der Waals surface area contributed by atoms with Crippen molar-refractivity contribution in [1.29, 1.82) is 0 Å². The minimum atomic E-state index is -0.515. The molecule has 0 unspecified atom stereocenters. The van der Waals surface area contributed by atoms with E-state index in [0.29, 0.717) is 11.4 Å². The molecular formula is C29H20N2O2. The Hall–Kier alpha value is -4.57. The highest BCUT2D eigenvalue weighted by Crippen LogP contribution is 2.45. The maximum absolute atomic E-state index is 12.2. The Balaban J connectivity index is 1.84. The first-order chi connectivity index (χ1) is 16.2. The average Bonchev–Trinajstić information content (AvgIpc) is 2.88. The molecule has 0 fully saturated rings. The molecule has 4 heteroatoms. The van der Waals surface area contributed by atoms with Gasteiger partial charge in [-0.2, -0.15) is 5.11 Å². The van der Waals surface area contributed by atoms with Crippen molar-refractivity contribution in [3.05, 3.63) is 116 Å². The summed E-state index contributed by atoms with van der Waals surface area (Å²) in [6.45, 7) is 3.54. The Labute approximate surface area is 191 Å². The van der Waals surface area contributed by atoms with E-state index in [0.717, 1.165) is 44.4 Å². The average molecular weight is 428 g/mol. The minimum absolute atomic E-state index is 0.450. The SMILES string of the molecule is C=CC(=O)Oc1ccc2ccccc2c1-c1c(N=Nc2ccccc2)ccc2ccccc12. The van der Waals surface area contributed by atoms with Gasteiger partial charge in [0.25, 0.3) is 0 Å². The normalized spacial score (nSPS) is 11.2. The third kappa shape index (κ3) is 4.02. The van der Waals surface area contributed by atoms with Crippen LogP contribution in [-0.4, -0.2) is 5.97 Å². The molecule has 4 nitrogen and oxygen atoms in total. The van der Waals surface area contributed by atoms with Crippen LogP contribution in [0.25, 0.3) is 32.7 Å². The first-order valence-electron chi connectivity index (χ1n) is 10.6. The molecule has 0 aromatic heterocycles. The number of ether oxygens (including phenoxy) is 1. The fraction of sp³-hybridized carbons (Fsp3) is 0. The van der Waals surface area contributed by atoms with Crippen LogP contribution >= 0.6 is 0 Å². The molecule has 0 spiro atoms. The van der Waals surface area contributed by atoms with Crippen molar-refractivity contribution in [3.8, 4) is 16.9 Å². The van der Waals surface area contributed by atoms with E-state index in [1.54, 1.807) is 0 Å². The number of rotatable bonds is 5. The van der Waals surface area contributed by atoms with Gasteiger partial charge in [-0.05, 0) is 45.8 Å². The van der Waals surface area contributed by atoms with E-state index in [1.165, 1.54) is 0 Å². The van der Waals surface area contributed by atoms with E-state index in [4.69, 9.17) is 4.74 Å². The van der Waals surface area contributed by atoms with Gasteiger partial charge in [0.2, 0.25) is 0 Å². The molecule has 0 atom stereocenters. The summed E-state index contributed by atoms with van der Waals surface area (Å²) in [7, 11) is 0. The molecule has 5 aromatic carbocycles. The van der Waals surface area contributed by atoms with Gasteiger partial charge in [0.1, 0.15) is 5.75 Å². The van der Waals surface area contributed by atoms with E-state index in [-0.39, 0.29) is 0 Å². The van der Waals surface area contributed by atoms with Gasteiger partial charge in [0, 0.05) is 17.2 Å². The second-order valence-corrected chi connectivity index (χ2v) is 7.50. The van der Waals surface area contributed by atoms with E-state index in [9.17, 15) is 4.79 Å². The fourth-order valence-corrected chi connectivity index (χ4v) is 3.96. The van der Waals surface area contributed by atoms with Crippen molar-refractivity contribution in [2.45, 2.75) is 0 Å². The van der Waals surface area contributed by atoms with Gasteiger partial charge in [-0.3, -0.25) is 0 Å². The summed E-state index contributed by atoms with van der Waals surface area (Å²) in [5.41, 5.74) is 3.09. The van der Waals surface area contributed by atoms with Crippen LogP contribution in [0.15, 0.2) is 126 Å². The quantitative estimate of drug-likeness (QED) is 0.123. The number of nitrogens with zero attached hydrogens (tertiary/aromatic N) is 2. The fourth-order valence-electron chi connectivity index (χ4n) is 3.96. The van der Waals surface area contributed by atoms with Crippen molar-refractivity contribution < 1.29 is 9.53 Å².